The number of aromatic nitrogens is 5. The van der Waals surface area contributed by atoms with Crippen LogP contribution < -0.4 is 16.4 Å². The van der Waals surface area contributed by atoms with Crippen LogP contribution in [0.4, 0.5) is 0 Å². The van der Waals surface area contributed by atoms with Crippen LogP contribution in [0.1, 0.15) is 137 Å². The molecule has 1 amide bonds. The van der Waals surface area contributed by atoms with Crippen molar-refractivity contribution in [3.63, 3.8) is 0 Å². The number of fused-ring (bicyclic) bond motifs is 2. The summed E-state index contributed by atoms with van der Waals surface area (Å²) in [7, 11) is 3.22. The average molecular weight is 887 g/mol. The summed E-state index contributed by atoms with van der Waals surface area (Å²) < 4.78 is 18.3. The van der Waals surface area contributed by atoms with Crippen LogP contribution in [0.2, 0.25) is 0 Å². The fourth-order valence-corrected chi connectivity index (χ4v) is 6.10. The molecule has 6 rings (SSSR count). The van der Waals surface area contributed by atoms with Crippen LogP contribution in [0.25, 0.3) is 21.8 Å². The number of amides is 1. The van der Waals surface area contributed by atoms with Crippen LogP contribution in [0, 0.1) is 50.4 Å². The van der Waals surface area contributed by atoms with Crippen LogP contribution in [0.3, 0.4) is 0 Å². The first-order chi connectivity index (χ1) is 30.2. The van der Waals surface area contributed by atoms with Crippen molar-refractivity contribution in [2.75, 3.05) is 19.8 Å². The third kappa shape index (κ3) is 14.3. The van der Waals surface area contributed by atoms with Gasteiger partial charge in [0.2, 0.25) is 5.91 Å². The molecule has 1 fully saturated rings. The van der Waals surface area contributed by atoms with Crippen molar-refractivity contribution in [2.24, 2.45) is 20.0 Å². The zero-order valence-electron chi connectivity index (χ0n) is 39.8. The van der Waals surface area contributed by atoms with Gasteiger partial charge in [0.05, 0.1) is 35.1 Å². The molecule has 0 aliphatic heterocycles. The second-order valence-electron chi connectivity index (χ2n) is 15.4. The lowest BCUT2D eigenvalue weighted by atomic mass is 10.00. The number of aliphatic hydroxyl groups is 2. The first-order valence-electron chi connectivity index (χ1n) is 21.5. The SMILES string of the molecule is CC.CC.CC(=O)NCCCOC(=O)c1c(C)[nH]c2c(=O)n(C)cc(C#CC(C)(O)C3CC3)c12.CCC(C)(C)OC(=O)c1c(C)[nH]c2c(=O)n(C)cc(C#CCO)c12.Cc1ccno1. The highest BCUT2D eigenvalue weighted by atomic mass is 16.6. The Morgan fingerprint density at radius 1 is 0.906 bits per heavy atom. The van der Waals surface area contributed by atoms with Gasteiger partial charge in [0.15, 0.2) is 0 Å². The lowest BCUT2D eigenvalue weighted by Crippen LogP contribution is -2.27. The predicted molar refractivity (Wildman–Crippen MR) is 248 cm³/mol. The Bertz CT molecular complexity index is 2620. The molecule has 1 atom stereocenters. The number of aliphatic hydroxyl groups excluding tert-OH is 1. The number of pyridine rings is 2. The van der Waals surface area contributed by atoms with Crippen LogP contribution in [0.5, 0.6) is 0 Å². The smallest absolute Gasteiger partial charge is 0.341 e. The second-order valence-corrected chi connectivity index (χ2v) is 15.4. The number of aromatic amines is 2. The van der Waals surface area contributed by atoms with Gasteiger partial charge >= 0.3 is 11.9 Å². The maximum atomic E-state index is 12.8. The fourth-order valence-electron chi connectivity index (χ4n) is 6.10. The number of hydrogen-bond acceptors (Lipinski definition) is 11. The molecule has 16 nitrogen and oxygen atoms in total. The number of aryl methyl sites for hydroxylation is 5. The maximum absolute atomic E-state index is 12.8. The molecule has 1 unspecified atom stereocenters. The first kappa shape index (κ1) is 53.8. The molecular weight excluding hydrogens is 821 g/mol. The predicted octanol–water partition coefficient (Wildman–Crippen LogP) is 6.27. The Labute approximate surface area is 375 Å². The molecule has 0 radical (unpaired) electrons. The summed E-state index contributed by atoms with van der Waals surface area (Å²) in [6.07, 6.45) is 7.76. The summed E-state index contributed by atoms with van der Waals surface area (Å²) >= 11 is 0. The van der Waals surface area contributed by atoms with Gasteiger partial charge in [0.1, 0.15) is 34.6 Å². The third-order valence-electron chi connectivity index (χ3n) is 9.88. The van der Waals surface area contributed by atoms with Crippen molar-refractivity contribution in [1.29, 1.82) is 0 Å². The van der Waals surface area contributed by atoms with Crippen molar-refractivity contribution < 1.29 is 38.6 Å². The molecule has 0 aromatic carbocycles. The quantitative estimate of drug-likeness (QED) is 0.0630. The van der Waals surface area contributed by atoms with E-state index in [1.165, 1.54) is 16.1 Å². The van der Waals surface area contributed by atoms with E-state index in [1.54, 1.807) is 59.5 Å². The molecule has 0 spiro atoms. The van der Waals surface area contributed by atoms with Crippen LogP contribution in [-0.4, -0.2) is 83.3 Å². The molecule has 64 heavy (non-hydrogen) atoms. The molecule has 5 N–H and O–H groups in total. The summed E-state index contributed by atoms with van der Waals surface area (Å²) in [5, 5.41) is 26.4. The number of H-pyrrole nitrogens is 2. The van der Waals surface area contributed by atoms with Gasteiger partial charge < -0.3 is 48.6 Å². The summed E-state index contributed by atoms with van der Waals surface area (Å²) in [5.41, 5.74) is 0.932. The van der Waals surface area contributed by atoms with Gasteiger partial charge in [0, 0.05) is 68.2 Å². The topological polar surface area (TPSA) is 224 Å². The molecule has 348 valence electrons. The average Bonchev–Trinajstić information content (AvgIpc) is 3.78. The minimum atomic E-state index is -1.11. The van der Waals surface area contributed by atoms with E-state index in [1.807, 2.05) is 55.4 Å². The molecule has 0 bridgehead atoms. The summed E-state index contributed by atoms with van der Waals surface area (Å²) in [4.78, 5) is 67.3. The van der Waals surface area contributed by atoms with E-state index in [0.717, 1.165) is 18.6 Å². The number of rotatable bonds is 9. The Hall–Kier alpha value is -6.36. The highest BCUT2D eigenvalue weighted by Gasteiger charge is 2.38. The first-order valence-corrected chi connectivity index (χ1v) is 21.5. The van der Waals surface area contributed by atoms with Gasteiger partial charge in [-0.15, -0.1) is 0 Å². The summed E-state index contributed by atoms with van der Waals surface area (Å²) in [6.45, 7) is 22.2. The number of hydrogen-bond donors (Lipinski definition) is 5. The van der Waals surface area contributed by atoms with E-state index >= 15 is 0 Å². The van der Waals surface area contributed by atoms with Gasteiger partial charge in [0.25, 0.3) is 11.1 Å². The minimum absolute atomic E-state index is 0.132. The van der Waals surface area contributed by atoms with Crippen molar-refractivity contribution in [1.82, 2.24) is 29.6 Å². The Kier molecular flexibility index (Phi) is 20.6. The normalized spacial score (nSPS) is 12.4. The molecule has 1 saturated carbocycles. The Morgan fingerprint density at radius 3 is 1.84 bits per heavy atom. The molecule has 16 heteroatoms. The van der Waals surface area contributed by atoms with Crippen molar-refractivity contribution >= 4 is 39.7 Å². The lowest BCUT2D eigenvalue weighted by Gasteiger charge is -2.23. The molecule has 5 aromatic rings. The molecule has 1 aliphatic rings. The van der Waals surface area contributed by atoms with Crippen LogP contribution >= 0.6 is 0 Å². The lowest BCUT2D eigenvalue weighted by molar-refractivity contribution is -0.118. The largest absolute Gasteiger partial charge is 0.462 e. The number of carbonyl (C=O) groups excluding carboxylic acids is 3. The highest BCUT2D eigenvalue weighted by Crippen LogP contribution is 2.39. The minimum Gasteiger partial charge on any atom is -0.462 e. The zero-order chi connectivity index (χ0) is 48.5. The highest BCUT2D eigenvalue weighted by molar-refractivity contribution is 6.08. The Balaban J connectivity index is 0.000000369. The van der Waals surface area contributed by atoms with E-state index in [0.29, 0.717) is 63.8 Å². The van der Waals surface area contributed by atoms with E-state index in [4.69, 9.17) is 14.6 Å². The number of nitrogens with one attached hydrogen (secondary N) is 3. The van der Waals surface area contributed by atoms with Gasteiger partial charge in [-0.2, -0.15) is 0 Å². The maximum Gasteiger partial charge on any atom is 0.341 e. The van der Waals surface area contributed by atoms with Crippen LogP contribution in [0.15, 0.2) is 38.8 Å². The zero-order valence-corrected chi connectivity index (χ0v) is 39.8. The fraction of sp³-hybridized carbons (Fsp3) is 0.500. The summed E-state index contributed by atoms with van der Waals surface area (Å²) in [6, 6.07) is 1.81. The number of ether oxygens (including phenoxy) is 2. The monoisotopic (exact) mass is 886 g/mol. The molecular formula is C48H66N6O10. The van der Waals surface area contributed by atoms with E-state index in [9.17, 15) is 29.1 Å². The van der Waals surface area contributed by atoms with Gasteiger partial charge in [-0.25, -0.2) is 9.59 Å². The molecule has 0 saturated heterocycles. The molecule has 5 heterocycles. The third-order valence-corrected chi connectivity index (χ3v) is 9.88. The Morgan fingerprint density at radius 2 is 1.42 bits per heavy atom. The van der Waals surface area contributed by atoms with Crippen molar-refractivity contribution in [3.05, 3.63) is 84.8 Å². The number of esters is 2. The van der Waals surface area contributed by atoms with Crippen molar-refractivity contribution in [2.45, 2.75) is 120 Å². The van der Waals surface area contributed by atoms with E-state index < -0.39 is 23.1 Å². The second kappa shape index (κ2) is 24.5. The van der Waals surface area contributed by atoms with Gasteiger partial charge in [-0.1, -0.05) is 63.5 Å². The van der Waals surface area contributed by atoms with E-state index in [-0.39, 0.29) is 47.2 Å². The van der Waals surface area contributed by atoms with Crippen LogP contribution in [-0.2, 0) is 28.4 Å². The number of carbonyl (C=O) groups is 3. The standard InChI is InChI=1S/C22H27N3O5.C18H22N2O4.C4H5NO.2C2H6/c1-13-17(21(28)30-11-5-10-23-14(2)26)18-15(8-9-22(3,29)16-6-7-16)12-25(4)20(27)19(18)24-13;1-6-18(3,4)24-17(23)13-11(2)19-15-14(13)12(8-7-9-21)10-20(5)16(15)22;1-4-2-3-5-6-4;2*1-2/h12,16,24,29H,5-7,10-11H2,1-4H3,(H,23,26);10,19,21H,6,9H2,1-5H3;2-3H,1H3;2*1-2H3. The summed E-state index contributed by atoms with van der Waals surface area (Å²) in [5.74, 6) is 11.1. The van der Waals surface area contributed by atoms with E-state index in [2.05, 4.69) is 48.6 Å². The molecule has 5 aromatic heterocycles. The number of nitrogens with zero attached hydrogens (tertiary/aromatic N) is 3. The van der Waals surface area contributed by atoms with Crippen molar-refractivity contribution in [3.8, 4) is 23.7 Å². The van der Waals surface area contributed by atoms with Gasteiger partial charge in [-0.3, -0.25) is 14.4 Å². The molecule has 1 aliphatic carbocycles. The van der Waals surface area contributed by atoms with Gasteiger partial charge in [-0.05, 0) is 73.1 Å².